The zero-order chi connectivity index (χ0) is 17.5. The van der Waals surface area contributed by atoms with Gasteiger partial charge in [-0.25, -0.2) is 0 Å². The van der Waals surface area contributed by atoms with Crippen LogP contribution < -0.4 is 15.4 Å². The molecule has 2 amide bonds. The fourth-order valence-electron chi connectivity index (χ4n) is 3.71. The fourth-order valence-corrected chi connectivity index (χ4v) is 3.71. The number of rotatable bonds is 5. The highest BCUT2D eigenvalue weighted by Crippen LogP contribution is 2.26. The van der Waals surface area contributed by atoms with Gasteiger partial charge in [0.2, 0.25) is 11.8 Å². The first kappa shape index (κ1) is 17.8. The van der Waals surface area contributed by atoms with E-state index in [1.807, 2.05) is 24.3 Å². The summed E-state index contributed by atoms with van der Waals surface area (Å²) < 4.78 is 5.71. The summed E-state index contributed by atoms with van der Waals surface area (Å²) in [5, 5.41) is 6.01. The Morgan fingerprint density at radius 3 is 2.72 bits per heavy atom. The van der Waals surface area contributed by atoms with Crippen LogP contribution in [0.4, 0.5) is 0 Å². The molecule has 1 aromatic rings. The van der Waals surface area contributed by atoms with Crippen molar-refractivity contribution in [3.05, 3.63) is 29.8 Å². The Morgan fingerprint density at radius 2 is 1.88 bits per heavy atom. The predicted octanol–water partition coefficient (Wildman–Crippen LogP) is 2.58. The van der Waals surface area contributed by atoms with Crippen LogP contribution in [0.2, 0.25) is 0 Å². The third-order valence-electron chi connectivity index (χ3n) is 5.16. The lowest BCUT2D eigenvalue weighted by molar-refractivity contribution is -0.125. The standard InChI is InChI=1S/C20H28N2O3/c23-19(22-17-7-2-1-3-8-17)10-12-21-20(24)16-11-13-25-18-9-5-4-6-15(18)14-16/h4-6,9,16-17H,1-3,7-8,10-14H2,(H,21,24)(H,22,23). The molecule has 0 radical (unpaired) electrons. The highest BCUT2D eigenvalue weighted by molar-refractivity contribution is 5.81. The van der Waals surface area contributed by atoms with Crippen molar-refractivity contribution >= 4 is 11.8 Å². The molecule has 5 heteroatoms. The molecule has 1 atom stereocenters. The van der Waals surface area contributed by atoms with Gasteiger partial charge in [0, 0.05) is 24.9 Å². The first-order chi connectivity index (χ1) is 12.2. The highest BCUT2D eigenvalue weighted by atomic mass is 16.5. The van der Waals surface area contributed by atoms with Gasteiger partial charge in [-0.15, -0.1) is 0 Å². The van der Waals surface area contributed by atoms with Gasteiger partial charge in [-0.1, -0.05) is 37.5 Å². The average Bonchev–Trinajstić information content (AvgIpc) is 2.85. The summed E-state index contributed by atoms with van der Waals surface area (Å²) in [6.07, 6.45) is 7.59. The van der Waals surface area contributed by atoms with Gasteiger partial charge in [-0.05, 0) is 37.3 Å². The summed E-state index contributed by atoms with van der Waals surface area (Å²) in [4.78, 5) is 24.4. The molecule has 136 valence electrons. The third kappa shape index (κ3) is 5.21. The van der Waals surface area contributed by atoms with Gasteiger partial charge in [0.05, 0.1) is 6.61 Å². The van der Waals surface area contributed by atoms with Crippen molar-refractivity contribution in [2.24, 2.45) is 5.92 Å². The molecule has 1 unspecified atom stereocenters. The van der Waals surface area contributed by atoms with Crippen molar-refractivity contribution in [2.75, 3.05) is 13.2 Å². The Kier molecular flexibility index (Phi) is 6.31. The number of hydrogen-bond acceptors (Lipinski definition) is 3. The van der Waals surface area contributed by atoms with Gasteiger partial charge >= 0.3 is 0 Å². The summed E-state index contributed by atoms with van der Waals surface area (Å²) in [7, 11) is 0. The van der Waals surface area contributed by atoms with Crippen molar-refractivity contribution < 1.29 is 14.3 Å². The number of hydrogen-bond donors (Lipinski definition) is 2. The second-order valence-corrected chi connectivity index (χ2v) is 7.09. The minimum absolute atomic E-state index is 0.0192. The predicted molar refractivity (Wildman–Crippen MR) is 96.4 cm³/mol. The second-order valence-electron chi connectivity index (χ2n) is 7.09. The van der Waals surface area contributed by atoms with Crippen molar-refractivity contribution in [3.63, 3.8) is 0 Å². The van der Waals surface area contributed by atoms with Crippen molar-refractivity contribution in [2.45, 2.75) is 57.4 Å². The molecule has 25 heavy (non-hydrogen) atoms. The Labute approximate surface area is 149 Å². The number of para-hydroxylation sites is 1. The Hall–Kier alpha value is -2.04. The molecule has 3 rings (SSSR count). The molecule has 2 aliphatic rings. The maximum Gasteiger partial charge on any atom is 0.223 e. The van der Waals surface area contributed by atoms with E-state index in [1.54, 1.807) is 0 Å². The molecule has 0 aromatic heterocycles. The van der Waals surface area contributed by atoms with Gasteiger partial charge in [-0.3, -0.25) is 9.59 Å². The lowest BCUT2D eigenvalue weighted by Gasteiger charge is -2.22. The van der Waals surface area contributed by atoms with Gasteiger partial charge in [0.25, 0.3) is 0 Å². The molecule has 0 bridgehead atoms. The van der Waals surface area contributed by atoms with E-state index >= 15 is 0 Å². The smallest absolute Gasteiger partial charge is 0.223 e. The SMILES string of the molecule is O=C(CCNC(=O)C1CCOc2ccccc2C1)NC1CCCCC1. The second kappa shape index (κ2) is 8.88. The van der Waals surface area contributed by atoms with Crippen molar-refractivity contribution in [1.29, 1.82) is 0 Å². The Morgan fingerprint density at radius 1 is 1.08 bits per heavy atom. The lowest BCUT2D eigenvalue weighted by Crippen LogP contribution is -2.39. The van der Waals surface area contributed by atoms with Crippen LogP contribution >= 0.6 is 0 Å². The number of benzene rings is 1. The normalized spacial score (nSPS) is 20.7. The summed E-state index contributed by atoms with van der Waals surface area (Å²) in [6, 6.07) is 8.21. The van der Waals surface area contributed by atoms with Crippen LogP contribution in [0.25, 0.3) is 0 Å². The van der Waals surface area contributed by atoms with Gasteiger partial charge < -0.3 is 15.4 Å². The van der Waals surface area contributed by atoms with E-state index in [4.69, 9.17) is 4.74 Å². The molecule has 2 N–H and O–H groups in total. The fraction of sp³-hybridized carbons (Fsp3) is 0.600. The topological polar surface area (TPSA) is 67.4 Å². The van der Waals surface area contributed by atoms with Gasteiger partial charge in [0.1, 0.15) is 5.75 Å². The van der Waals surface area contributed by atoms with Crippen LogP contribution in [0, 0.1) is 5.92 Å². The summed E-state index contributed by atoms with van der Waals surface area (Å²) >= 11 is 0. The van der Waals surface area contributed by atoms with Crippen LogP contribution in [-0.2, 0) is 16.0 Å². The van der Waals surface area contributed by atoms with E-state index in [-0.39, 0.29) is 17.7 Å². The summed E-state index contributed by atoms with van der Waals surface area (Å²) in [6.45, 7) is 0.952. The molecule has 1 heterocycles. The number of carbonyl (C=O) groups excluding carboxylic acids is 2. The largest absolute Gasteiger partial charge is 0.493 e. The van der Waals surface area contributed by atoms with Gasteiger partial charge in [0.15, 0.2) is 0 Å². The van der Waals surface area contributed by atoms with Crippen LogP contribution in [-0.4, -0.2) is 31.0 Å². The minimum atomic E-state index is -0.0925. The monoisotopic (exact) mass is 344 g/mol. The summed E-state index contributed by atoms with van der Waals surface area (Å²) in [5.74, 6) is 0.849. The molecule has 1 fully saturated rings. The molecule has 0 saturated heterocycles. The van der Waals surface area contributed by atoms with Gasteiger partial charge in [-0.2, -0.15) is 0 Å². The number of carbonyl (C=O) groups is 2. The molecule has 1 aromatic carbocycles. The van der Waals surface area contributed by atoms with Crippen LogP contribution in [0.5, 0.6) is 5.75 Å². The van der Waals surface area contributed by atoms with E-state index < -0.39 is 0 Å². The number of ether oxygens (including phenoxy) is 1. The zero-order valence-electron chi connectivity index (χ0n) is 14.8. The summed E-state index contributed by atoms with van der Waals surface area (Å²) in [5.41, 5.74) is 1.08. The van der Waals surface area contributed by atoms with E-state index in [9.17, 15) is 9.59 Å². The van der Waals surface area contributed by atoms with Crippen molar-refractivity contribution in [3.8, 4) is 5.75 Å². The third-order valence-corrected chi connectivity index (χ3v) is 5.16. The van der Waals surface area contributed by atoms with Crippen LogP contribution in [0.3, 0.4) is 0 Å². The zero-order valence-corrected chi connectivity index (χ0v) is 14.8. The van der Waals surface area contributed by atoms with Crippen LogP contribution in [0.1, 0.15) is 50.5 Å². The lowest BCUT2D eigenvalue weighted by atomic mass is 9.95. The highest BCUT2D eigenvalue weighted by Gasteiger charge is 2.23. The average molecular weight is 344 g/mol. The first-order valence-electron chi connectivity index (χ1n) is 9.50. The first-order valence-corrected chi connectivity index (χ1v) is 9.50. The maximum atomic E-state index is 12.4. The molecule has 1 aliphatic heterocycles. The van der Waals surface area contributed by atoms with E-state index in [2.05, 4.69) is 10.6 Å². The number of fused-ring (bicyclic) bond motifs is 1. The number of nitrogens with one attached hydrogen (secondary N) is 2. The molecule has 1 saturated carbocycles. The van der Waals surface area contributed by atoms with Crippen LogP contribution in [0.15, 0.2) is 24.3 Å². The number of amides is 2. The Bertz CT molecular complexity index is 596. The Balaban J connectivity index is 1.41. The minimum Gasteiger partial charge on any atom is -0.493 e. The molecule has 0 spiro atoms. The maximum absolute atomic E-state index is 12.4. The molecular weight excluding hydrogens is 316 g/mol. The van der Waals surface area contributed by atoms with Crippen molar-refractivity contribution in [1.82, 2.24) is 10.6 Å². The van der Waals surface area contributed by atoms with E-state index in [1.165, 1.54) is 19.3 Å². The van der Waals surface area contributed by atoms with E-state index in [0.717, 1.165) is 24.2 Å². The molecular formula is C20H28N2O3. The van der Waals surface area contributed by atoms with E-state index in [0.29, 0.717) is 38.5 Å². The quantitative estimate of drug-likeness (QED) is 0.863. The molecule has 5 nitrogen and oxygen atoms in total. The molecule has 1 aliphatic carbocycles.